The summed E-state index contributed by atoms with van der Waals surface area (Å²) in [6.45, 7) is 2.96. The number of carboxylic acids is 2. The van der Waals surface area contributed by atoms with Crippen LogP contribution < -0.4 is 0 Å². The Balaban J connectivity index is 2.76. The van der Waals surface area contributed by atoms with Gasteiger partial charge < -0.3 is 10.2 Å². The normalized spacial score (nSPS) is 17.2. The molecule has 1 rings (SSSR count). The third-order valence-corrected chi connectivity index (χ3v) is 2.25. The summed E-state index contributed by atoms with van der Waals surface area (Å²) in [5.74, 6) is -1.99. The third kappa shape index (κ3) is 3.97. The van der Waals surface area contributed by atoms with E-state index in [2.05, 4.69) is 9.98 Å². The first kappa shape index (κ1) is 13.8. The molecule has 0 aromatic carbocycles. The molecule has 0 saturated heterocycles. The van der Waals surface area contributed by atoms with Crippen LogP contribution in [-0.2, 0) is 9.59 Å². The molecular weight excluding hydrogens is 236 g/mol. The Bertz CT molecular complexity index is 414. The molecule has 6 heteroatoms. The second-order valence-corrected chi connectivity index (χ2v) is 3.80. The molecule has 0 aliphatic heterocycles. The number of allylic oxidation sites excluding steroid dienone is 4. The van der Waals surface area contributed by atoms with E-state index in [1.54, 1.807) is 24.3 Å². The predicted molar refractivity (Wildman–Crippen MR) is 67.3 cm³/mol. The quantitative estimate of drug-likeness (QED) is 0.725. The van der Waals surface area contributed by atoms with Crippen LogP contribution in [0.2, 0.25) is 0 Å². The summed E-state index contributed by atoms with van der Waals surface area (Å²) in [5.41, 5.74) is 1.04. The SMILES string of the molecule is CC(N=C1C=CC(=NC(C)C(=O)O)C=C1)C(=O)O. The zero-order valence-corrected chi connectivity index (χ0v) is 10.1. The van der Waals surface area contributed by atoms with Crippen molar-refractivity contribution in [2.24, 2.45) is 9.98 Å². The van der Waals surface area contributed by atoms with E-state index < -0.39 is 24.0 Å². The van der Waals surface area contributed by atoms with Crippen molar-refractivity contribution in [2.75, 3.05) is 0 Å². The number of hydrogen-bond acceptors (Lipinski definition) is 4. The average molecular weight is 250 g/mol. The molecule has 1 aliphatic rings. The Kier molecular flexibility index (Phi) is 4.53. The lowest BCUT2D eigenvalue weighted by molar-refractivity contribution is -0.138. The smallest absolute Gasteiger partial charge is 0.328 e. The van der Waals surface area contributed by atoms with E-state index in [0.29, 0.717) is 11.4 Å². The third-order valence-electron chi connectivity index (χ3n) is 2.25. The van der Waals surface area contributed by atoms with Crippen LogP contribution in [0.1, 0.15) is 13.8 Å². The second kappa shape index (κ2) is 5.90. The number of aliphatic imine (C=N–C) groups is 2. The van der Waals surface area contributed by atoms with Gasteiger partial charge in [0.2, 0.25) is 0 Å². The Morgan fingerprint density at radius 3 is 1.39 bits per heavy atom. The zero-order valence-electron chi connectivity index (χ0n) is 10.1. The Morgan fingerprint density at radius 1 is 0.889 bits per heavy atom. The van der Waals surface area contributed by atoms with Gasteiger partial charge in [-0.25, -0.2) is 9.59 Å². The van der Waals surface area contributed by atoms with Crippen molar-refractivity contribution in [2.45, 2.75) is 25.9 Å². The van der Waals surface area contributed by atoms with Crippen molar-refractivity contribution in [3.63, 3.8) is 0 Å². The van der Waals surface area contributed by atoms with Crippen LogP contribution in [0.4, 0.5) is 0 Å². The molecule has 96 valence electrons. The fourth-order valence-electron chi connectivity index (χ4n) is 1.18. The summed E-state index contributed by atoms with van der Waals surface area (Å²) in [6.07, 6.45) is 6.42. The predicted octanol–water partition coefficient (Wildman–Crippen LogP) is 0.941. The molecule has 0 spiro atoms. The summed E-state index contributed by atoms with van der Waals surface area (Å²) in [7, 11) is 0. The maximum atomic E-state index is 10.6. The highest BCUT2D eigenvalue weighted by atomic mass is 16.4. The molecule has 0 radical (unpaired) electrons. The molecule has 2 N–H and O–H groups in total. The van der Waals surface area contributed by atoms with Gasteiger partial charge in [-0.3, -0.25) is 9.98 Å². The highest BCUT2D eigenvalue weighted by Gasteiger charge is 2.11. The lowest BCUT2D eigenvalue weighted by Gasteiger charge is -2.06. The van der Waals surface area contributed by atoms with Crippen LogP contribution in [0.15, 0.2) is 34.3 Å². The van der Waals surface area contributed by atoms with Crippen molar-refractivity contribution in [3.8, 4) is 0 Å². The fraction of sp³-hybridized carbons (Fsp3) is 0.333. The van der Waals surface area contributed by atoms with Gasteiger partial charge in [-0.05, 0) is 38.2 Å². The van der Waals surface area contributed by atoms with Gasteiger partial charge in [0.15, 0.2) is 0 Å². The highest BCUT2D eigenvalue weighted by molar-refractivity contribution is 6.19. The maximum Gasteiger partial charge on any atom is 0.328 e. The van der Waals surface area contributed by atoms with Gasteiger partial charge in [0.05, 0.1) is 11.4 Å². The Labute approximate surface area is 104 Å². The van der Waals surface area contributed by atoms with Gasteiger partial charge in [0.1, 0.15) is 12.1 Å². The van der Waals surface area contributed by atoms with Crippen molar-refractivity contribution in [3.05, 3.63) is 24.3 Å². The lowest BCUT2D eigenvalue weighted by Crippen LogP contribution is -2.17. The zero-order chi connectivity index (χ0) is 13.7. The first-order valence-corrected chi connectivity index (χ1v) is 5.37. The highest BCUT2D eigenvalue weighted by Crippen LogP contribution is 2.03. The number of carboxylic acid groups (broad SMARTS) is 2. The van der Waals surface area contributed by atoms with Crippen LogP contribution >= 0.6 is 0 Å². The molecule has 18 heavy (non-hydrogen) atoms. The molecule has 0 heterocycles. The molecule has 2 atom stereocenters. The summed E-state index contributed by atoms with van der Waals surface area (Å²) < 4.78 is 0. The molecule has 0 aromatic rings. The summed E-state index contributed by atoms with van der Waals surface area (Å²) >= 11 is 0. The van der Waals surface area contributed by atoms with E-state index >= 15 is 0 Å². The standard InChI is InChI=1S/C12H14N2O4/c1-7(11(15)16)13-9-3-5-10(6-4-9)14-8(2)12(17)18/h3-8H,1-2H3,(H,15,16)(H,17,18). The van der Waals surface area contributed by atoms with Gasteiger partial charge in [0, 0.05) is 0 Å². The van der Waals surface area contributed by atoms with Crippen molar-refractivity contribution >= 4 is 23.4 Å². The van der Waals surface area contributed by atoms with Gasteiger partial charge in [-0.1, -0.05) is 0 Å². The first-order chi connectivity index (χ1) is 8.40. The first-order valence-electron chi connectivity index (χ1n) is 5.37. The number of rotatable bonds is 4. The van der Waals surface area contributed by atoms with E-state index in [1.807, 2.05) is 0 Å². The van der Waals surface area contributed by atoms with Crippen LogP contribution in [0.5, 0.6) is 0 Å². The lowest BCUT2D eigenvalue weighted by atomic mass is 10.1. The van der Waals surface area contributed by atoms with Gasteiger partial charge in [-0.2, -0.15) is 0 Å². The van der Waals surface area contributed by atoms with Crippen LogP contribution in [0, 0.1) is 0 Å². The fourth-order valence-corrected chi connectivity index (χ4v) is 1.18. The average Bonchev–Trinajstić information content (AvgIpc) is 2.31. The van der Waals surface area contributed by atoms with Crippen molar-refractivity contribution in [1.82, 2.24) is 0 Å². The minimum Gasteiger partial charge on any atom is -0.480 e. The number of nitrogens with zero attached hydrogens (tertiary/aromatic N) is 2. The van der Waals surface area contributed by atoms with E-state index in [0.717, 1.165) is 0 Å². The molecule has 1 aliphatic carbocycles. The second-order valence-electron chi connectivity index (χ2n) is 3.80. The van der Waals surface area contributed by atoms with Crippen LogP contribution in [0.3, 0.4) is 0 Å². The minimum atomic E-state index is -0.997. The van der Waals surface area contributed by atoms with Gasteiger partial charge in [0.25, 0.3) is 0 Å². The van der Waals surface area contributed by atoms with Crippen molar-refractivity contribution in [1.29, 1.82) is 0 Å². The monoisotopic (exact) mass is 250 g/mol. The molecule has 6 nitrogen and oxygen atoms in total. The number of hydrogen-bond donors (Lipinski definition) is 2. The van der Waals surface area contributed by atoms with Crippen molar-refractivity contribution < 1.29 is 19.8 Å². The number of carbonyl (C=O) groups is 2. The summed E-state index contributed by atoms with van der Waals surface area (Å²) in [4.78, 5) is 29.1. The van der Waals surface area contributed by atoms with E-state index in [-0.39, 0.29) is 0 Å². The molecule has 0 fully saturated rings. The molecule has 0 aromatic heterocycles. The van der Waals surface area contributed by atoms with Crippen LogP contribution in [-0.4, -0.2) is 45.7 Å². The Morgan fingerprint density at radius 2 is 1.17 bits per heavy atom. The molecule has 0 saturated carbocycles. The molecule has 0 bridgehead atoms. The summed E-state index contributed by atoms with van der Waals surface area (Å²) in [6, 6.07) is -1.63. The largest absolute Gasteiger partial charge is 0.480 e. The topological polar surface area (TPSA) is 99.3 Å². The number of aliphatic carboxylic acids is 2. The van der Waals surface area contributed by atoms with Gasteiger partial charge >= 0.3 is 11.9 Å². The Hall–Kier alpha value is -2.24. The van der Waals surface area contributed by atoms with E-state index in [1.165, 1.54) is 13.8 Å². The molecule has 0 amide bonds. The van der Waals surface area contributed by atoms with Gasteiger partial charge in [-0.15, -0.1) is 0 Å². The van der Waals surface area contributed by atoms with E-state index in [4.69, 9.17) is 10.2 Å². The summed E-state index contributed by atoms with van der Waals surface area (Å²) in [5, 5.41) is 17.4. The minimum absolute atomic E-state index is 0.520. The van der Waals surface area contributed by atoms with Crippen LogP contribution in [0.25, 0.3) is 0 Å². The maximum absolute atomic E-state index is 10.6. The molecular formula is C12H14N2O4. The van der Waals surface area contributed by atoms with E-state index in [9.17, 15) is 9.59 Å². The molecule has 2 unspecified atom stereocenters.